The largest absolute Gasteiger partial charge is 0.497 e. The third kappa shape index (κ3) is 4.72. The lowest BCUT2D eigenvalue weighted by molar-refractivity contribution is -0.132. The number of piperazine rings is 1. The summed E-state index contributed by atoms with van der Waals surface area (Å²) in [6.45, 7) is 2.54. The number of aromatic amines is 1. The first-order valence-electron chi connectivity index (χ1n) is 10.5. The molecule has 4 rings (SSSR count). The van der Waals surface area contributed by atoms with Crippen LogP contribution in [-0.2, 0) is 11.3 Å². The van der Waals surface area contributed by atoms with Crippen LogP contribution < -0.4 is 4.74 Å². The molecule has 3 aromatic rings. The Labute approximate surface area is 191 Å². The Bertz CT molecular complexity index is 1130. The summed E-state index contributed by atoms with van der Waals surface area (Å²) in [7, 11) is 1.62. The Balaban J connectivity index is 1.34. The van der Waals surface area contributed by atoms with E-state index in [2.05, 4.69) is 10.2 Å². The molecule has 2 amide bonds. The molecule has 1 N–H and O–H groups in total. The van der Waals surface area contributed by atoms with Crippen LogP contribution in [0.4, 0.5) is 0 Å². The van der Waals surface area contributed by atoms with Crippen LogP contribution in [0.3, 0.4) is 0 Å². The Morgan fingerprint density at radius 2 is 1.66 bits per heavy atom. The monoisotopic (exact) mass is 451 g/mol. The lowest BCUT2D eigenvalue weighted by Crippen LogP contribution is -2.50. The Hall–Kier alpha value is -3.46. The zero-order valence-corrected chi connectivity index (χ0v) is 18.7. The van der Waals surface area contributed by atoms with Crippen LogP contribution >= 0.6 is 12.2 Å². The topological polar surface area (TPSA) is 83.5 Å². The Morgan fingerprint density at radius 1 is 1.00 bits per heavy atom. The van der Waals surface area contributed by atoms with Crippen LogP contribution in [0.25, 0.3) is 11.4 Å². The minimum absolute atomic E-state index is 0.00605. The van der Waals surface area contributed by atoms with Gasteiger partial charge in [0.1, 0.15) is 5.75 Å². The maximum atomic E-state index is 12.8. The molecule has 1 aromatic heterocycles. The first-order valence-corrected chi connectivity index (χ1v) is 10.9. The molecule has 0 aliphatic carbocycles. The molecule has 2 aromatic carbocycles. The first kappa shape index (κ1) is 21.8. The number of hydrogen-bond donors (Lipinski definition) is 1. The fourth-order valence-electron chi connectivity index (χ4n) is 3.77. The van der Waals surface area contributed by atoms with Crippen molar-refractivity contribution >= 4 is 24.0 Å². The van der Waals surface area contributed by atoms with Gasteiger partial charge in [0.2, 0.25) is 5.91 Å². The number of nitrogens with zero attached hydrogens (tertiary/aromatic N) is 4. The van der Waals surface area contributed by atoms with Crippen LogP contribution in [0.15, 0.2) is 54.6 Å². The summed E-state index contributed by atoms with van der Waals surface area (Å²) in [5.74, 6) is 1.49. The van der Waals surface area contributed by atoms with Crippen LogP contribution in [0.2, 0.25) is 0 Å². The van der Waals surface area contributed by atoms with Crippen molar-refractivity contribution in [3.05, 3.63) is 64.9 Å². The highest BCUT2D eigenvalue weighted by atomic mass is 32.1. The highest BCUT2D eigenvalue weighted by Crippen LogP contribution is 2.21. The van der Waals surface area contributed by atoms with Gasteiger partial charge in [-0.3, -0.25) is 19.3 Å². The summed E-state index contributed by atoms with van der Waals surface area (Å²) < 4.78 is 7.52. The van der Waals surface area contributed by atoms with E-state index < -0.39 is 0 Å². The van der Waals surface area contributed by atoms with Crippen molar-refractivity contribution in [3.8, 4) is 17.1 Å². The number of nitrogens with one attached hydrogen (secondary N) is 1. The molecule has 1 saturated heterocycles. The van der Waals surface area contributed by atoms with Crippen molar-refractivity contribution < 1.29 is 14.3 Å². The molecule has 1 aliphatic heterocycles. The van der Waals surface area contributed by atoms with Gasteiger partial charge in [-0.2, -0.15) is 5.10 Å². The summed E-state index contributed by atoms with van der Waals surface area (Å²) in [6.07, 6.45) is 0.309. The molecule has 0 bridgehead atoms. The second kappa shape index (κ2) is 9.78. The number of carbonyl (C=O) groups is 2. The fourth-order valence-corrected chi connectivity index (χ4v) is 4.00. The molecule has 166 valence electrons. The molecule has 0 spiro atoms. The molecule has 2 heterocycles. The van der Waals surface area contributed by atoms with Crippen molar-refractivity contribution in [3.63, 3.8) is 0 Å². The summed E-state index contributed by atoms with van der Waals surface area (Å²) in [5.41, 5.74) is 1.56. The number of benzene rings is 2. The van der Waals surface area contributed by atoms with Gasteiger partial charge in [-0.1, -0.05) is 18.2 Å². The van der Waals surface area contributed by atoms with Crippen molar-refractivity contribution in [1.82, 2.24) is 24.6 Å². The van der Waals surface area contributed by atoms with Gasteiger partial charge >= 0.3 is 0 Å². The predicted octanol–water partition coefficient (Wildman–Crippen LogP) is 2.99. The highest BCUT2D eigenvalue weighted by molar-refractivity contribution is 7.71. The minimum Gasteiger partial charge on any atom is -0.497 e. The average Bonchev–Trinajstić information content (AvgIpc) is 3.22. The van der Waals surface area contributed by atoms with E-state index in [9.17, 15) is 9.59 Å². The summed E-state index contributed by atoms with van der Waals surface area (Å²) >= 11 is 5.37. The van der Waals surface area contributed by atoms with Gasteiger partial charge < -0.3 is 14.5 Å². The minimum atomic E-state index is 0.00605. The fraction of sp³-hybridized carbons (Fsp3) is 0.304. The lowest BCUT2D eigenvalue weighted by Gasteiger charge is -2.35. The first-order chi connectivity index (χ1) is 15.6. The highest BCUT2D eigenvalue weighted by Gasteiger charge is 2.25. The Kier molecular flexibility index (Phi) is 6.65. The van der Waals surface area contributed by atoms with E-state index >= 15 is 0 Å². The number of amides is 2. The Morgan fingerprint density at radius 3 is 2.31 bits per heavy atom. The number of carbonyl (C=O) groups excluding carboxylic acids is 2. The number of H-pyrrole nitrogens is 1. The van der Waals surface area contributed by atoms with Crippen LogP contribution in [-0.4, -0.2) is 69.7 Å². The quantitative estimate of drug-likeness (QED) is 0.583. The molecule has 0 unspecified atom stereocenters. The molecule has 0 radical (unpaired) electrons. The molecule has 1 aliphatic rings. The third-order valence-corrected chi connectivity index (χ3v) is 5.91. The molecule has 0 saturated carbocycles. The molecular weight excluding hydrogens is 426 g/mol. The van der Waals surface area contributed by atoms with Gasteiger partial charge in [0.05, 0.1) is 7.11 Å². The smallest absolute Gasteiger partial charge is 0.253 e. The zero-order valence-electron chi connectivity index (χ0n) is 17.9. The molecule has 9 heteroatoms. The molecule has 8 nitrogen and oxygen atoms in total. The third-order valence-electron chi connectivity index (χ3n) is 5.60. The van der Waals surface area contributed by atoms with Crippen molar-refractivity contribution in [2.75, 3.05) is 33.3 Å². The van der Waals surface area contributed by atoms with Gasteiger partial charge in [-0.15, -0.1) is 0 Å². The van der Waals surface area contributed by atoms with Gasteiger partial charge in [0.15, 0.2) is 10.6 Å². The summed E-state index contributed by atoms with van der Waals surface area (Å²) in [5, 5.41) is 7.14. The van der Waals surface area contributed by atoms with E-state index in [1.807, 2.05) is 64.1 Å². The predicted molar refractivity (Wildman–Crippen MR) is 123 cm³/mol. The number of rotatable bonds is 6. The zero-order chi connectivity index (χ0) is 22.5. The van der Waals surface area contributed by atoms with Crippen molar-refractivity contribution in [1.29, 1.82) is 0 Å². The van der Waals surface area contributed by atoms with Crippen molar-refractivity contribution in [2.45, 2.75) is 13.0 Å². The summed E-state index contributed by atoms with van der Waals surface area (Å²) in [6, 6.07) is 16.8. The number of ether oxygens (including phenoxy) is 1. The normalized spacial score (nSPS) is 13.8. The van der Waals surface area contributed by atoms with Gasteiger partial charge in [-0.05, 0) is 48.6 Å². The SMILES string of the molecule is COc1ccc(-c2n[nH]c(=S)n2CCC(=O)N2CCN(C(=O)c3ccccc3)CC2)cc1. The van der Waals surface area contributed by atoms with E-state index in [0.717, 1.165) is 11.3 Å². The number of methoxy groups -OCH3 is 1. The van der Waals surface area contributed by atoms with Crippen LogP contribution in [0, 0.1) is 4.77 Å². The second-order valence-electron chi connectivity index (χ2n) is 7.52. The van der Waals surface area contributed by atoms with E-state index in [1.165, 1.54) is 0 Å². The van der Waals surface area contributed by atoms with E-state index in [1.54, 1.807) is 12.0 Å². The molecule has 1 fully saturated rings. The van der Waals surface area contributed by atoms with Crippen molar-refractivity contribution in [2.24, 2.45) is 0 Å². The maximum Gasteiger partial charge on any atom is 0.253 e. The number of hydrogen-bond acceptors (Lipinski definition) is 5. The molecule has 32 heavy (non-hydrogen) atoms. The van der Waals surface area contributed by atoms with E-state index in [4.69, 9.17) is 17.0 Å². The van der Waals surface area contributed by atoms with Gasteiger partial charge in [0, 0.05) is 50.3 Å². The lowest BCUT2D eigenvalue weighted by atomic mass is 10.2. The summed E-state index contributed by atoms with van der Waals surface area (Å²) in [4.78, 5) is 29.0. The van der Waals surface area contributed by atoms with E-state index in [0.29, 0.717) is 55.3 Å². The van der Waals surface area contributed by atoms with E-state index in [-0.39, 0.29) is 11.8 Å². The van der Waals surface area contributed by atoms with Gasteiger partial charge in [0.25, 0.3) is 5.91 Å². The van der Waals surface area contributed by atoms with Gasteiger partial charge in [-0.25, -0.2) is 0 Å². The second-order valence-corrected chi connectivity index (χ2v) is 7.91. The maximum absolute atomic E-state index is 12.8. The van der Waals surface area contributed by atoms with Crippen LogP contribution in [0.1, 0.15) is 16.8 Å². The van der Waals surface area contributed by atoms with Crippen LogP contribution in [0.5, 0.6) is 5.75 Å². The molecular formula is C23H25N5O3S. The standard InChI is InChI=1S/C23H25N5O3S/c1-31-19-9-7-17(8-10-19)21-24-25-23(32)28(21)12-11-20(29)26-13-15-27(16-14-26)22(30)18-5-3-2-4-6-18/h2-10H,11-16H2,1H3,(H,25,32). The number of aromatic nitrogens is 3. The average molecular weight is 452 g/mol. The molecule has 0 atom stereocenters.